The van der Waals surface area contributed by atoms with Gasteiger partial charge in [0.25, 0.3) is 5.91 Å². The number of hydrogen-bond acceptors (Lipinski definition) is 6. The van der Waals surface area contributed by atoms with Crippen LogP contribution in [0, 0.1) is 0 Å². The molecule has 190 valence electrons. The summed E-state index contributed by atoms with van der Waals surface area (Å²) in [5, 5.41) is 15.2. The van der Waals surface area contributed by atoms with Gasteiger partial charge in [-0.05, 0) is 53.8 Å². The van der Waals surface area contributed by atoms with Gasteiger partial charge in [0.05, 0.1) is 17.9 Å². The van der Waals surface area contributed by atoms with Gasteiger partial charge in [-0.3, -0.25) is 14.6 Å². The number of carbonyl (C=O) groups is 2. The van der Waals surface area contributed by atoms with Crippen molar-refractivity contribution in [1.29, 1.82) is 0 Å². The van der Waals surface area contributed by atoms with Crippen molar-refractivity contribution in [2.75, 3.05) is 26.7 Å². The van der Waals surface area contributed by atoms with Crippen LogP contribution in [0.5, 0.6) is 0 Å². The lowest BCUT2D eigenvalue weighted by Crippen LogP contribution is -2.52. The molecule has 0 saturated carbocycles. The van der Waals surface area contributed by atoms with Crippen LogP contribution in [0.15, 0.2) is 84.3 Å². The zero-order valence-electron chi connectivity index (χ0n) is 20.8. The van der Waals surface area contributed by atoms with E-state index < -0.39 is 11.6 Å². The minimum atomic E-state index is -0.956. The molecule has 0 unspecified atom stereocenters. The van der Waals surface area contributed by atoms with E-state index in [-0.39, 0.29) is 18.4 Å². The second-order valence-corrected chi connectivity index (χ2v) is 9.53. The van der Waals surface area contributed by atoms with Gasteiger partial charge in [-0.15, -0.1) is 0 Å². The summed E-state index contributed by atoms with van der Waals surface area (Å²) in [5.74, 6) is -0.350. The van der Waals surface area contributed by atoms with Crippen LogP contribution in [0.1, 0.15) is 35.2 Å². The van der Waals surface area contributed by atoms with Crippen LogP contribution in [-0.2, 0) is 15.2 Å². The summed E-state index contributed by atoms with van der Waals surface area (Å²) in [4.78, 5) is 39.5. The van der Waals surface area contributed by atoms with Gasteiger partial charge < -0.3 is 19.7 Å². The highest BCUT2D eigenvalue weighted by Crippen LogP contribution is 2.33. The lowest BCUT2D eigenvalue weighted by atomic mass is 9.84. The molecule has 1 atom stereocenters. The van der Waals surface area contributed by atoms with E-state index in [1.54, 1.807) is 34.3 Å². The maximum Gasteiger partial charge on any atom is 0.254 e. The number of piperidine rings is 1. The Kier molecular flexibility index (Phi) is 7.01. The molecule has 0 bridgehead atoms. The Morgan fingerprint density at radius 2 is 1.62 bits per heavy atom. The van der Waals surface area contributed by atoms with E-state index in [9.17, 15) is 14.7 Å². The average molecular weight is 499 g/mol. The molecule has 1 N–H and O–H groups in total. The predicted molar refractivity (Wildman–Crippen MR) is 140 cm³/mol. The molecule has 0 radical (unpaired) electrons. The molecule has 3 aromatic rings. The quantitative estimate of drug-likeness (QED) is 0.544. The van der Waals surface area contributed by atoms with Gasteiger partial charge in [-0.1, -0.05) is 47.6 Å². The van der Waals surface area contributed by atoms with Gasteiger partial charge in [-0.2, -0.15) is 0 Å². The van der Waals surface area contributed by atoms with Crippen molar-refractivity contribution >= 4 is 17.5 Å². The number of hydrogen-bond donors (Lipinski definition) is 1. The second kappa shape index (κ2) is 10.5. The molecule has 8 heteroatoms. The largest absolute Gasteiger partial charge is 0.399 e. The van der Waals surface area contributed by atoms with Crippen molar-refractivity contribution in [2.45, 2.75) is 30.9 Å². The Morgan fingerprint density at radius 1 is 0.973 bits per heavy atom. The normalized spacial score (nSPS) is 20.2. The Morgan fingerprint density at radius 3 is 2.27 bits per heavy atom. The molecular formula is C29H30N4O4. The third-order valence-corrected chi connectivity index (χ3v) is 7.28. The maximum absolute atomic E-state index is 13.6. The van der Waals surface area contributed by atoms with E-state index in [0.29, 0.717) is 43.6 Å². The van der Waals surface area contributed by atoms with E-state index in [1.807, 2.05) is 54.6 Å². The number of oxime groups is 1. The summed E-state index contributed by atoms with van der Waals surface area (Å²) in [5.41, 5.74) is 3.06. The molecule has 2 aromatic carbocycles. The molecule has 3 heterocycles. The number of rotatable bonds is 5. The maximum atomic E-state index is 13.6. The summed E-state index contributed by atoms with van der Waals surface area (Å²) < 4.78 is 0. The first kappa shape index (κ1) is 24.6. The second-order valence-electron chi connectivity index (χ2n) is 9.53. The van der Waals surface area contributed by atoms with Crippen molar-refractivity contribution in [3.8, 4) is 11.1 Å². The minimum Gasteiger partial charge on any atom is -0.399 e. The lowest BCUT2D eigenvalue weighted by Gasteiger charge is -2.40. The minimum absolute atomic E-state index is 0.127. The smallest absolute Gasteiger partial charge is 0.254 e. The predicted octanol–water partition coefficient (Wildman–Crippen LogP) is 3.48. The van der Waals surface area contributed by atoms with Crippen LogP contribution >= 0.6 is 0 Å². The van der Waals surface area contributed by atoms with E-state index in [2.05, 4.69) is 10.1 Å². The van der Waals surface area contributed by atoms with Gasteiger partial charge >= 0.3 is 0 Å². The van der Waals surface area contributed by atoms with Crippen molar-refractivity contribution in [1.82, 2.24) is 14.8 Å². The molecule has 37 heavy (non-hydrogen) atoms. The molecule has 8 nitrogen and oxygen atoms in total. The monoisotopic (exact) mass is 498 g/mol. The number of carbonyl (C=O) groups excluding carboxylic acids is 2. The first-order valence-corrected chi connectivity index (χ1v) is 12.5. The number of nitrogens with zero attached hydrogens (tertiary/aromatic N) is 4. The molecule has 2 aliphatic rings. The van der Waals surface area contributed by atoms with Gasteiger partial charge in [0.15, 0.2) is 0 Å². The number of aromatic nitrogens is 1. The van der Waals surface area contributed by atoms with Crippen LogP contribution in [0.4, 0.5) is 0 Å². The van der Waals surface area contributed by atoms with Crippen LogP contribution < -0.4 is 0 Å². The standard InChI is InChI=1S/C29H30N4O4/c1-37-31-25-19-26(28(35)32-17-13-29(36,14-18-32)24-5-3-2-4-6-24)33(20-25)27(34)23-9-7-21(8-10-23)22-11-15-30-16-12-22/h2-12,15-16,26,36H,13-14,17-20H2,1H3/b31-25-/t26-/m0/s1. The summed E-state index contributed by atoms with van der Waals surface area (Å²) in [7, 11) is 1.46. The fraction of sp³-hybridized carbons (Fsp3) is 0.310. The number of amides is 2. The molecular weight excluding hydrogens is 468 g/mol. The third-order valence-electron chi connectivity index (χ3n) is 7.28. The van der Waals surface area contributed by atoms with Crippen molar-refractivity contribution in [2.24, 2.45) is 5.16 Å². The molecule has 5 rings (SSSR count). The van der Waals surface area contributed by atoms with Crippen molar-refractivity contribution in [3.63, 3.8) is 0 Å². The highest BCUT2D eigenvalue weighted by atomic mass is 16.6. The van der Waals surface area contributed by atoms with E-state index in [1.165, 1.54) is 7.11 Å². The van der Waals surface area contributed by atoms with E-state index in [0.717, 1.165) is 16.7 Å². The SMILES string of the molecule is CO/N=C1/C[C@@H](C(=O)N2CCC(O)(c3ccccc3)CC2)N(C(=O)c2ccc(-c3ccncc3)cc2)C1. The Balaban J connectivity index is 1.31. The van der Waals surface area contributed by atoms with Crippen molar-refractivity contribution < 1.29 is 19.5 Å². The van der Waals surface area contributed by atoms with Crippen LogP contribution in [-0.4, -0.2) is 70.2 Å². The Labute approximate surface area is 216 Å². The third kappa shape index (κ3) is 5.11. The Bertz CT molecular complexity index is 1270. The van der Waals surface area contributed by atoms with Gasteiger partial charge in [0.2, 0.25) is 5.91 Å². The first-order valence-electron chi connectivity index (χ1n) is 12.5. The fourth-order valence-corrected chi connectivity index (χ4v) is 5.19. The van der Waals surface area contributed by atoms with Crippen LogP contribution in [0.25, 0.3) is 11.1 Å². The lowest BCUT2D eigenvalue weighted by molar-refractivity contribution is -0.139. The first-order chi connectivity index (χ1) is 18.0. The van der Waals surface area contributed by atoms with Gasteiger partial charge in [0.1, 0.15) is 13.2 Å². The number of benzene rings is 2. The summed E-state index contributed by atoms with van der Waals surface area (Å²) in [6, 6.07) is 20.1. The van der Waals surface area contributed by atoms with E-state index in [4.69, 9.17) is 4.84 Å². The number of aliphatic hydroxyl groups is 1. The molecule has 2 saturated heterocycles. The molecule has 0 aliphatic carbocycles. The Hall–Kier alpha value is -4.04. The van der Waals surface area contributed by atoms with Crippen LogP contribution in [0.2, 0.25) is 0 Å². The molecule has 2 aliphatic heterocycles. The van der Waals surface area contributed by atoms with Crippen molar-refractivity contribution in [3.05, 3.63) is 90.3 Å². The highest BCUT2D eigenvalue weighted by Gasteiger charge is 2.43. The summed E-state index contributed by atoms with van der Waals surface area (Å²) in [6.07, 6.45) is 4.67. The zero-order chi connectivity index (χ0) is 25.8. The number of pyridine rings is 1. The molecule has 2 fully saturated rings. The molecule has 2 amide bonds. The highest BCUT2D eigenvalue weighted by molar-refractivity contribution is 6.05. The topological polar surface area (TPSA) is 95.3 Å². The average Bonchev–Trinajstić information content (AvgIpc) is 3.38. The van der Waals surface area contributed by atoms with E-state index >= 15 is 0 Å². The van der Waals surface area contributed by atoms with Gasteiger partial charge in [0, 0.05) is 37.5 Å². The fourth-order valence-electron chi connectivity index (χ4n) is 5.19. The number of likely N-dealkylation sites (tertiary alicyclic amines) is 2. The van der Waals surface area contributed by atoms with Gasteiger partial charge in [-0.25, -0.2) is 0 Å². The molecule has 0 spiro atoms. The summed E-state index contributed by atoms with van der Waals surface area (Å²) in [6.45, 7) is 1.07. The van der Waals surface area contributed by atoms with Crippen LogP contribution in [0.3, 0.4) is 0 Å². The zero-order valence-corrected chi connectivity index (χ0v) is 20.8. The summed E-state index contributed by atoms with van der Waals surface area (Å²) >= 11 is 0. The molecule has 1 aromatic heterocycles.